The topological polar surface area (TPSA) is 49.7 Å². The van der Waals surface area contributed by atoms with Gasteiger partial charge in [-0.3, -0.25) is 0 Å². The van der Waals surface area contributed by atoms with Gasteiger partial charge in [0.1, 0.15) is 0 Å². The molecule has 0 saturated carbocycles. The van der Waals surface area contributed by atoms with Crippen molar-refractivity contribution in [1.82, 2.24) is 0 Å². The van der Waals surface area contributed by atoms with Gasteiger partial charge in [0.15, 0.2) is 0 Å². The Hall–Kier alpha value is -0.120. The predicted octanol–water partition coefficient (Wildman–Crippen LogP) is -0.0913. The first-order chi connectivity index (χ1) is 4.83. The Labute approximate surface area is 60.6 Å². The monoisotopic (exact) mass is 146 g/mol. The Morgan fingerprint density at radius 1 is 1.50 bits per heavy atom. The number of rotatable bonds is 3. The highest BCUT2D eigenvalue weighted by atomic mass is 16.5. The third-order valence-electron chi connectivity index (χ3n) is 1.74. The van der Waals surface area contributed by atoms with E-state index in [4.69, 9.17) is 14.9 Å². The average molecular weight is 146 g/mol. The van der Waals surface area contributed by atoms with Gasteiger partial charge in [0, 0.05) is 13.0 Å². The molecule has 0 spiro atoms. The molecule has 3 nitrogen and oxygen atoms in total. The molecular formula is C7H14O3. The summed E-state index contributed by atoms with van der Waals surface area (Å²) in [4.78, 5) is 0. The van der Waals surface area contributed by atoms with E-state index in [1.807, 2.05) is 0 Å². The third kappa shape index (κ3) is 2.25. The minimum Gasteiger partial charge on any atom is -0.396 e. The molecule has 2 atom stereocenters. The second kappa shape index (κ2) is 3.91. The van der Waals surface area contributed by atoms with Crippen LogP contribution < -0.4 is 0 Å². The van der Waals surface area contributed by atoms with Gasteiger partial charge in [0.25, 0.3) is 0 Å². The first-order valence-electron chi connectivity index (χ1n) is 3.73. The summed E-state index contributed by atoms with van der Waals surface area (Å²) in [7, 11) is 0. The Morgan fingerprint density at radius 2 is 2.30 bits per heavy atom. The molecule has 1 saturated heterocycles. The van der Waals surface area contributed by atoms with Gasteiger partial charge in [0.2, 0.25) is 0 Å². The maximum Gasteiger partial charge on any atom is 0.0798 e. The van der Waals surface area contributed by atoms with Crippen molar-refractivity contribution in [3.63, 3.8) is 0 Å². The highest BCUT2D eigenvalue weighted by molar-refractivity contribution is 4.71. The summed E-state index contributed by atoms with van der Waals surface area (Å²) in [6, 6.07) is 0. The zero-order chi connectivity index (χ0) is 7.40. The summed E-state index contributed by atoms with van der Waals surface area (Å²) in [5.41, 5.74) is 0. The van der Waals surface area contributed by atoms with Crippen molar-refractivity contribution in [2.75, 3.05) is 13.2 Å². The van der Waals surface area contributed by atoms with Crippen molar-refractivity contribution < 1.29 is 14.9 Å². The highest BCUT2D eigenvalue weighted by Crippen LogP contribution is 2.16. The molecule has 2 N–H and O–H groups in total. The smallest absolute Gasteiger partial charge is 0.0798 e. The van der Waals surface area contributed by atoms with Crippen LogP contribution in [0.5, 0.6) is 0 Å². The van der Waals surface area contributed by atoms with Gasteiger partial charge in [-0.15, -0.1) is 0 Å². The molecule has 0 aromatic heterocycles. The first-order valence-corrected chi connectivity index (χ1v) is 3.73. The van der Waals surface area contributed by atoms with Crippen LogP contribution in [0.3, 0.4) is 0 Å². The lowest BCUT2D eigenvalue weighted by atomic mass is 10.1. The Kier molecular flexibility index (Phi) is 3.12. The number of aliphatic hydroxyl groups is 2. The normalized spacial score (nSPS) is 33.0. The molecule has 1 aliphatic rings. The van der Waals surface area contributed by atoms with Crippen molar-refractivity contribution in [3.05, 3.63) is 0 Å². The van der Waals surface area contributed by atoms with E-state index >= 15 is 0 Å². The SMILES string of the molecule is OCCC[C@H]1CC(O)CO1. The molecule has 0 aromatic carbocycles. The molecule has 10 heavy (non-hydrogen) atoms. The summed E-state index contributed by atoms with van der Waals surface area (Å²) < 4.78 is 5.21. The first kappa shape index (κ1) is 7.98. The second-order valence-corrected chi connectivity index (χ2v) is 2.71. The largest absolute Gasteiger partial charge is 0.396 e. The van der Waals surface area contributed by atoms with Gasteiger partial charge in [-0.25, -0.2) is 0 Å². The summed E-state index contributed by atoms with van der Waals surface area (Å²) in [6.07, 6.45) is 2.29. The number of ether oxygens (including phenoxy) is 1. The quantitative estimate of drug-likeness (QED) is 0.585. The molecule has 3 heteroatoms. The van der Waals surface area contributed by atoms with E-state index < -0.39 is 0 Å². The lowest BCUT2D eigenvalue weighted by Crippen LogP contribution is -2.07. The second-order valence-electron chi connectivity index (χ2n) is 2.71. The average Bonchev–Trinajstić information content (AvgIpc) is 2.31. The van der Waals surface area contributed by atoms with Gasteiger partial charge < -0.3 is 14.9 Å². The molecule has 0 amide bonds. The van der Waals surface area contributed by atoms with Gasteiger partial charge >= 0.3 is 0 Å². The fourth-order valence-corrected chi connectivity index (χ4v) is 1.21. The summed E-state index contributed by atoms with van der Waals surface area (Å²) in [5, 5.41) is 17.5. The summed E-state index contributed by atoms with van der Waals surface area (Å²) in [5.74, 6) is 0. The van der Waals surface area contributed by atoms with Gasteiger partial charge in [-0.1, -0.05) is 0 Å². The lowest BCUT2D eigenvalue weighted by Gasteiger charge is -2.05. The van der Waals surface area contributed by atoms with Crippen molar-refractivity contribution in [1.29, 1.82) is 0 Å². The number of hydrogen-bond donors (Lipinski definition) is 2. The van der Waals surface area contributed by atoms with Crippen LogP contribution in [0.4, 0.5) is 0 Å². The Balaban J connectivity index is 2.06. The van der Waals surface area contributed by atoms with Crippen molar-refractivity contribution in [2.24, 2.45) is 0 Å². The summed E-state index contributed by atoms with van der Waals surface area (Å²) >= 11 is 0. The van der Waals surface area contributed by atoms with Crippen molar-refractivity contribution in [2.45, 2.75) is 31.5 Å². The van der Waals surface area contributed by atoms with Crippen LogP contribution in [0.1, 0.15) is 19.3 Å². The summed E-state index contributed by atoms with van der Waals surface area (Å²) in [6.45, 7) is 0.687. The minimum atomic E-state index is -0.274. The van der Waals surface area contributed by atoms with E-state index in [2.05, 4.69) is 0 Å². The highest BCUT2D eigenvalue weighted by Gasteiger charge is 2.22. The molecule has 0 aromatic rings. The molecule has 1 heterocycles. The number of aliphatic hydroxyl groups excluding tert-OH is 2. The Bertz CT molecular complexity index is 94.9. The molecule has 0 bridgehead atoms. The molecule has 0 aliphatic carbocycles. The molecule has 1 rings (SSSR count). The van der Waals surface area contributed by atoms with Crippen LogP contribution in [0.25, 0.3) is 0 Å². The predicted molar refractivity (Wildman–Crippen MR) is 36.7 cm³/mol. The van der Waals surface area contributed by atoms with E-state index in [0.717, 1.165) is 19.3 Å². The van der Waals surface area contributed by atoms with Gasteiger partial charge in [0.05, 0.1) is 18.8 Å². The molecule has 1 unspecified atom stereocenters. The van der Waals surface area contributed by atoms with E-state index in [-0.39, 0.29) is 18.8 Å². The third-order valence-corrected chi connectivity index (χ3v) is 1.74. The van der Waals surface area contributed by atoms with E-state index in [1.165, 1.54) is 0 Å². The van der Waals surface area contributed by atoms with Crippen LogP contribution in [-0.2, 0) is 4.74 Å². The van der Waals surface area contributed by atoms with E-state index in [1.54, 1.807) is 0 Å². The Morgan fingerprint density at radius 3 is 2.80 bits per heavy atom. The number of hydrogen-bond acceptors (Lipinski definition) is 3. The maximum atomic E-state index is 9.01. The van der Waals surface area contributed by atoms with E-state index in [9.17, 15) is 0 Å². The fourth-order valence-electron chi connectivity index (χ4n) is 1.21. The fraction of sp³-hybridized carbons (Fsp3) is 1.00. The lowest BCUT2D eigenvalue weighted by molar-refractivity contribution is 0.0800. The molecule has 60 valence electrons. The zero-order valence-corrected chi connectivity index (χ0v) is 5.99. The van der Waals surface area contributed by atoms with Gasteiger partial charge in [-0.2, -0.15) is 0 Å². The molecule has 1 aliphatic heterocycles. The molecule has 0 radical (unpaired) electrons. The van der Waals surface area contributed by atoms with Crippen LogP contribution in [0.2, 0.25) is 0 Å². The van der Waals surface area contributed by atoms with Gasteiger partial charge in [-0.05, 0) is 12.8 Å². The van der Waals surface area contributed by atoms with Crippen LogP contribution in [0, 0.1) is 0 Å². The standard InChI is InChI=1S/C7H14O3/c8-3-1-2-7-4-6(9)5-10-7/h6-9H,1-5H2/t6?,7-/m0/s1. The van der Waals surface area contributed by atoms with E-state index in [0.29, 0.717) is 6.61 Å². The molecular weight excluding hydrogens is 132 g/mol. The maximum absolute atomic E-state index is 9.01. The molecule has 1 fully saturated rings. The van der Waals surface area contributed by atoms with Crippen LogP contribution >= 0.6 is 0 Å². The van der Waals surface area contributed by atoms with Crippen molar-refractivity contribution >= 4 is 0 Å². The van der Waals surface area contributed by atoms with Crippen LogP contribution in [0.15, 0.2) is 0 Å². The van der Waals surface area contributed by atoms with Crippen LogP contribution in [-0.4, -0.2) is 35.6 Å². The minimum absolute atomic E-state index is 0.183. The van der Waals surface area contributed by atoms with Crippen molar-refractivity contribution in [3.8, 4) is 0 Å². The zero-order valence-electron chi connectivity index (χ0n) is 5.99.